The van der Waals surface area contributed by atoms with Crippen molar-refractivity contribution in [1.82, 2.24) is 30.0 Å². The van der Waals surface area contributed by atoms with E-state index >= 15 is 0 Å². The SMILES string of the molecule is O=C(Cc1ccc(-n2cnnn2)cc1)N1C[C@H]2CC[C@@H](C1)N(CC1CCC1)C2. The van der Waals surface area contributed by atoms with Crippen LogP contribution >= 0.6 is 0 Å². The molecule has 7 heteroatoms. The Morgan fingerprint density at radius 3 is 2.61 bits per heavy atom. The van der Waals surface area contributed by atoms with E-state index in [1.807, 2.05) is 24.3 Å². The fraction of sp³-hybridized carbons (Fsp3) is 0.619. The van der Waals surface area contributed by atoms with Gasteiger partial charge in [0, 0.05) is 32.2 Å². The molecule has 1 aromatic heterocycles. The molecule has 2 bridgehead atoms. The lowest BCUT2D eigenvalue weighted by molar-refractivity contribution is -0.130. The van der Waals surface area contributed by atoms with Gasteiger partial charge in [0.1, 0.15) is 6.33 Å². The molecule has 1 aromatic carbocycles. The lowest BCUT2D eigenvalue weighted by Gasteiger charge is -2.40. The molecular weight excluding hydrogens is 352 g/mol. The van der Waals surface area contributed by atoms with E-state index < -0.39 is 0 Å². The maximum Gasteiger partial charge on any atom is 0.227 e. The number of carbonyl (C=O) groups excluding carboxylic acids is 1. The molecule has 6 rings (SSSR count). The first kappa shape index (κ1) is 17.8. The van der Waals surface area contributed by atoms with Crippen LogP contribution in [0.25, 0.3) is 5.69 Å². The third-order valence-corrected chi connectivity index (χ3v) is 6.80. The smallest absolute Gasteiger partial charge is 0.227 e. The second kappa shape index (κ2) is 7.62. The molecule has 3 aliphatic heterocycles. The number of rotatable bonds is 5. The molecular formula is C21H28N6O. The van der Waals surface area contributed by atoms with Crippen LogP contribution in [0.5, 0.6) is 0 Å². The van der Waals surface area contributed by atoms with E-state index in [1.165, 1.54) is 45.2 Å². The van der Waals surface area contributed by atoms with Gasteiger partial charge in [-0.05, 0) is 65.6 Å². The average molecular weight is 380 g/mol. The molecule has 148 valence electrons. The van der Waals surface area contributed by atoms with Gasteiger partial charge in [0.15, 0.2) is 0 Å². The van der Waals surface area contributed by atoms with E-state index in [4.69, 9.17) is 0 Å². The topological polar surface area (TPSA) is 67.2 Å². The zero-order valence-electron chi connectivity index (χ0n) is 16.3. The van der Waals surface area contributed by atoms with Crippen LogP contribution in [0.4, 0.5) is 0 Å². The summed E-state index contributed by atoms with van der Waals surface area (Å²) < 4.78 is 1.62. The molecule has 2 atom stereocenters. The highest BCUT2D eigenvalue weighted by molar-refractivity contribution is 5.79. The first-order chi connectivity index (χ1) is 13.7. The Bertz CT molecular complexity index is 801. The summed E-state index contributed by atoms with van der Waals surface area (Å²) in [5.74, 6) is 1.81. The Balaban J connectivity index is 1.22. The van der Waals surface area contributed by atoms with Crippen molar-refractivity contribution in [2.75, 3.05) is 26.2 Å². The van der Waals surface area contributed by atoms with Gasteiger partial charge in [-0.2, -0.15) is 0 Å². The van der Waals surface area contributed by atoms with Crippen LogP contribution in [0.3, 0.4) is 0 Å². The maximum absolute atomic E-state index is 13.0. The molecule has 1 saturated carbocycles. The maximum atomic E-state index is 13.0. The van der Waals surface area contributed by atoms with Crippen molar-refractivity contribution < 1.29 is 4.79 Å². The summed E-state index contributed by atoms with van der Waals surface area (Å²) in [7, 11) is 0. The summed E-state index contributed by atoms with van der Waals surface area (Å²) >= 11 is 0. The van der Waals surface area contributed by atoms with Gasteiger partial charge in [-0.25, -0.2) is 4.68 Å². The van der Waals surface area contributed by atoms with Gasteiger partial charge in [-0.1, -0.05) is 18.6 Å². The summed E-state index contributed by atoms with van der Waals surface area (Å²) in [5, 5.41) is 11.2. The predicted molar refractivity (Wildman–Crippen MR) is 105 cm³/mol. The van der Waals surface area contributed by atoms with Gasteiger partial charge < -0.3 is 4.90 Å². The number of nitrogens with zero attached hydrogens (tertiary/aromatic N) is 6. The first-order valence-corrected chi connectivity index (χ1v) is 10.6. The number of tetrazole rings is 1. The third kappa shape index (κ3) is 3.68. The van der Waals surface area contributed by atoms with Crippen molar-refractivity contribution in [1.29, 1.82) is 0 Å². The lowest BCUT2D eigenvalue weighted by Crippen LogP contribution is -2.47. The molecule has 0 unspecified atom stereocenters. The number of piperidine rings is 1. The van der Waals surface area contributed by atoms with Crippen LogP contribution in [0.2, 0.25) is 0 Å². The first-order valence-electron chi connectivity index (χ1n) is 10.6. The average Bonchev–Trinajstić information content (AvgIpc) is 3.06. The molecule has 1 aliphatic carbocycles. The van der Waals surface area contributed by atoms with Crippen LogP contribution in [0.1, 0.15) is 37.7 Å². The Hall–Kier alpha value is -2.28. The summed E-state index contributed by atoms with van der Waals surface area (Å²) in [5.41, 5.74) is 1.95. The van der Waals surface area contributed by atoms with Crippen molar-refractivity contribution in [3.05, 3.63) is 36.2 Å². The normalized spacial score (nSPS) is 25.5. The fourth-order valence-electron chi connectivity index (χ4n) is 4.95. The van der Waals surface area contributed by atoms with Crippen LogP contribution in [-0.2, 0) is 11.2 Å². The lowest BCUT2D eigenvalue weighted by atomic mass is 9.83. The van der Waals surface area contributed by atoms with Crippen LogP contribution in [0, 0.1) is 11.8 Å². The van der Waals surface area contributed by atoms with E-state index in [2.05, 4.69) is 25.3 Å². The molecule has 7 nitrogen and oxygen atoms in total. The van der Waals surface area contributed by atoms with E-state index in [9.17, 15) is 4.79 Å². The molecule has 1 amide bonds. The van der Waals surface area contributed by atoms with E-state index in [0.717, 1.165) is 30.3 Å². The van der Waals surface area contributed by atoms with Crippen molar-refractivity contribution >= 4 is 5.91 Å². The van der Waals surface area contributed by atoms with E-state index in [1.54, 1.807) is 11.0 Å². The van der Waals surface area contributed by atoms with Crippen molar-refractivity contribution in [3.63, 3.8) is 0 Å². The minimum atomic E-state index is 0.262. The van der Waals surface area contributed by atoms with Gasteiger partial charge >= 0.3 is 0 Å². The second-order valence-corrected chi connectivity index (χ2v) is 8.74. The van der Waals surface area contributed by atoms with E-state index in [0.29, 0.717) is 18.4 Å². The molecule has 0 spiro atoms. The second-order valence-electron chi connectivity index (χ2n) is 8.74. The summed E-state index contributed by atoms with van der Waals surface area (Å²) in [6, 6.07) is 8.50. The highest BCUT2D eigenvalue weighted by Gasteiger charge is 2.37. The zero-order valence-corrected chi connectivity index (χ0v) is 16.3. The van der Waals surface area contributed by atoms with Gasteiger partial charge in [0.25, 0.3) is 0 Å². The molecule has 0 N–H and O–H groups in total. The van der Waals surface area contributed by atoms with Crippen LogP contribution in [-0.4, -0.2) is 68.1 Å². The molecule has 4 fully saturated rings. The Morgan fingerprint density at radius 1 is 1.04 bits per heavy atom. The summed E-state index contributed by atoms with van der Waals surface area (Å²) in [6.45, 7) is 4.28. The number of carbonyl (C=O) groups is 1. The highest BCUT2D eigenvalue weighted by Crippen LogP contribution is 2.33. The number of fused-ring (bicyclic) bond motifs is 4. The largest absolute Gasteiger partial charge is 0.341 e. The zero-order chi connectivity index (χ0) is 18.9. The number of benzene rings is 1. The Labute approximate surface area is 165 Å². The summed E-state index contributed by atoms with van der Waals surface area (Å²) in [4.78, 5) is 17.9. The van der Waals surface area contributed by atoms with Gasteiger partial charge in [-0.3, -0.25) is 9.69 Å². The predicted octanol–water partition coefficient (Wildman–Crippen LogP) is 1.93. The van der Waals surface area contributed by atoms with Crippen LogP contribution in [0.15, 0.2) is 30.6 Å². The Kier molecular flexibility index (Phi) is 4.84. The highest BCUT2D eigenvalue weighted by atomic mass is 16.2. The molecule has 4 aliphatic rings. The van der Waals surface area contributed by atoms with Crippen molar-refractivity contribution in [3.8, 4) is 5.69 Å². The standard InChI is InChI=1S/C21H28N6O/c28-21(10-16-4-7-19(8-5-16)27-15-22-23-24-27)26-13-18-6-9-20(14-26)25(12-18)11-17-2-1-3-17/h4-5,7-8,15,17-18,20H,1-3,6,9-14H2/t18-,20-/m0/s1. The number of amides is 1. The molecule has 4 heterocycles. The molecule has 2 aromatic rings. The van der Waals surface area contributed by atoms with Crippen LogP contribution < -0.4 is 0 Å². The minimum Gasteiger partial charge on any atom is -0.341 e. The minimum absolute atomic E-state index is 0.262. The molecule has 0 radical (unpaired) electrons. The third-order valence-electron chi connectivity index (χ3n) is 6.80. The van der Waals surface area contributed by atoms with Crippen molar-refractivity contribution in [2.24, 2.45) is 11.8 Å². The van der Waals surface area contributed by atoms with Crippen molar-refractivity contribution in [2.45, 2.75) is 44.6 Å². The van der Waals surface area contributed by atoms with Gasteiger partial charge in [0.05, 0.1) is 12.1 Å². The fourth-order valence-corrected chi connectivity index (χ4v) is 4.95. The summed E-state index contributed by atoms with van der Waals surface area (Å²) in [6.07, 6.45) is 8.77. The van der Waals surface area contributed by atoms with Gasteiger partial charge in [-0.15, -0.1) is 5.10 Å². The number of hydrogen-bond acceptors (Lipinski definition) is 5. The molecule has 3 saturated heterocycles. The van der Waals surface area contributed by atoms with E-state index in [-0.39, 0.29) is 5.91 Å². The quantitative estimate of drug-likeness (QED) is 0.793. The number of aromatic nitrogens is 4. The monoisotopic (exact) mass is 380 g/mol. The molecule has 28 heavy (non-hydrogen) atoms. The van der Waals surface area contributed by atoms with Gasteiger partial charge in [0.2, 0.25) is 5.91 Å². The number of hydrogen-bond donors (Lipinski definition) is 0. The Morgan fingerprint density at radius 2 is 1.89 bits per heavy atom.